The molecule has 2 unspecified atom stereocenters. The first kappa shape index (κ1) is 13.3. The lowest BCUT2D eigenvalue weighted by molar-refractivity contribution is 0.171. The summed E-state index contributed by atoms with van der Waals surface area (Å²) >= 11 is 0. The molecule has 4 nitrogen and oxygen atoms in total. The van der Waals surface area contributed by atoms with Crippen molar-refractivity contribution < 1.29 is 9.47 Å². The minimum atomic E-state index is 0.250. The Balaban J connectivity index is 1.61. The number of rotatable bonds is 2. The lowest BCUT2D eigenvalue weighted by atomic mass is 9.91. The molecule has 21 heavy (non-hydrogen) atoms. The number of hydrogen-bond donors (Lipinski definition) is 1. The summed E-state index contributed by atoms with van der Waals surface area (Å²) in [6.07, 6.45) is 2.74. The fourth-order valence-electron chi connectivity index (χ4n) is 3.61. The second-order valence-corrected chi connectivity index (χ2v) is 6.88. The van der Waals surface area contributed by atoms with E-state index in [4.69, 9.17) is 9.47 Å². The molecule has 0 aromatic heterocycles. The normalized spacial score (nSPS) is 32.1. The maximum atomic E-state index is 5.73. The van der Waals surface area contributed by atoms with Crippen molar-refractivity contribution in [3.63, 3.8) is 0 Å². The number of anilines is 1. The van der Waals surface area contributed by atoms with Crippen LogP contribution in [-0.2, 0) is 0 Å². The lowest BCUT2D eigenvalue weighted by Crippen LogP contribution is -2.63. The van der Waals surface area contributed by atoms with Gasteiger partial charge >= 0.3 is 0 Å². The number of benzene rings is 1. The largest absolute Gasteiger partial charge is 0.486 e. The molecule has 1 N–H and O–H groups in total. The van der Waals surface area contributed by atoms with E-state index >= 15 is 0 Å². The van der Waals surface area contributed by atoms with Gasteiger partial charge in [0.15, 0.2) is 11.5 Å². The van der Waals surface area contributed by atoms with Gasteiger partial charge < -0.3 is 19.7 Å². The Labute approximate surface area is 126 Å². The van der Waals surface area contributed by atoms with Gasteiger partial charge in [-0.1, -0.05) is 0 Å². The van der Waals surface area contributed by atoms with Gasteiger partial charge in [-0.2, -0.15) is 0 Å². The molecular formula is C17H24N2O2. The van der Waals surface area contributed by atoms with E-state index in [0.29, 0.717) is 19.3 Å². The van der Waals surface area contributed by atoms with Crippen LogP contribution in [-0.4, -0.2) is 37.9 Å². The van der Waals surface area contributed by atoms with Gasteiger partial charge in [-0.05, 0) is 44.7 Å². The summed E-state index contributed by atoms with van der Waals surface area (Å²) in [5.41, 5.74) is 1.50. The molecule has 114 valence electrons. The third-order valence-electron chi connectivity index (χ3n) is 5.17. The Hall–Kier alpha value is -1.42. The van der Waals surface area contributed by atoms with E-state index in [2.05, 4.69) is 36.2 Å². The Morgan fingerprint density at radius 1 is 1.19 bits per heavy atom. The Kier molecular flexibility index (Phi) is 3.03. The average molecular weight is 288 g/mol. The fraction of sp³-hybridized carbons (Fsp3) is 0.647. The summed E-state index contributed by atoms with van der Waals surface area (Å²) < 4.78 is 11.4. The molecule has 2 atom stereocenters. The standard InChI is InChI=1S/C17H24N2O2/c1-12-10-18-17(2,13-3-4-13)11-19(12)14-5-6-15-16(9-14)21-8-7-20-15/h5-6,9,12-13,18H,3-4,7-8,10-11H2,1-2H3. The Bertz CT molecular complexity index is 544. The van der Waals surface area contributed by atoms with Crippen molar-refractivity contribution in [2.24, 2.45) is 5.92 Å². The van der Waals surface area contributed by atoms with Gasteiger partial charge in [-0.15, -0.1) is 0 Å². The zero-order chi connectivity index (χ0) is 14.4. The van der Waals surface area contributed by atoms with E-state index in [9.17, 15) is 0 Å². The first-order valence-corrected chi connectivity index (χ1v) is 8.07. The minimum Gasteiger partial charge on any atom is -0.486 e. The molecule has 0 spiro atoms. The summed E-state index contributed by atoms with van der Waals surface area (Å²) in [7, 11) is 0. The summed E-state index contributed by atoms with van der Waals surface area (Å²) in [6.45, 7) is 8.07. The quantitative estimate of drug-likeness (QED) is 0.906. The van der Waals surface area contributed by atoms with Crippen LogP contribution in [0.15, 0.2) is 18.2 Å². The van der Waals surface area contributed by atoms with E-state index in [-0.39, 0.29) is 5.54 Å². The molecule has 0 radical (unpaired) electrons. The number of piperazine rings is 1. The van der Waals surface area contributed by atoms with Gasteiger partial charge in [-0.3, -0.25) is 0 Å². The molecule has 1 saturated heterocycles. The van der Waals surface area contributed by atoms with Crippen molar-refractivity contribution in [2.75, 3.05) is 31.2 Å². The maximum Gasteiger partial charge on any atom is 0.163 e. The molecule has 3 aliphatic rings. The van der Waals surface area contributed by atoms with Crippen molar-refractivity contribution in [2.45, 2.75) is 38.3 Å². The van der Waals surface area contributed by atoms with Gasteiger partial charge in [0.25, 0.3) is 0 Å². The molecule has 2 heterocycles. The number of hydrogen-bond acceptors (Lipinski definition) is 4. The monoisotopic (exact) mass is 288 g/mol. The summed E-state index contributed by atoms with van der Waals surface area (Å²) in [5.74, 6) is 2.60. The van der Waals surface area contributed by atoms with Gasteiger partial charge in [0, 0.05) is 36.4 Å². The molecule has 4 heteroatoms. The van der Waals surface area contributed by atoms with Crippen molar-refractivity contribution in [3.05, 3.63) is 18.2 Å². The minimum absolute atomic E-state index is 0.250. The van der Waals surface area contributed by atoms with Crippen LogP contribution in [0.5, 0.6) is 11.5 Å². The zero-order valence-corrected chi connectivity index (χ0v) is 12.9. The van der Waals surface area contributed by atoms with Crippen LogP contribution >= 0.6 is 0 Å². The summed E-state index contributed by atoms with van der Waals surface area (Å²) in [6, 6.07) is 6.86. The molecule has 1 saturated carbocycles. The average Bonchev–Trinajstić information content (AvgIpc) is 3.35. The van der Waals surface area contributed by atoms with Crippen LogP contribution in [0.3, 0.4) is 0 Å². The van der Waals surface area contributed by atoms with E-state index in [1.807, 2.05) is 6.07 Å². The number of fused-ring (bicyclic) bond motifs is 1. The van der Waals surface area contributed by atoms with Gasteiger partial charge in [0.2, 0.25) is 0 Å². The van der Waals surface area contributed by atoms with Crippen molar-refractivity contribution in [3.8, 4) is 11.5 Å². The Morgan fingerprint density at radius 2 is 1.95 bits per heavy atom. The highest BCUT2D eigenvalue weighted by atomic mass is 16.6. The lowest BCUT2D eigenvalue weighted by Gasteiger charge is -2.47. The van der Waals surface area contributed by atoms with Gasteiger partial charge in [-0.25, -0.2) is 0 Å². The van der Waals surface area contributed by atoms with Crippen molar-refractivity contribution in [1.29, 1.82) is 0 Å². The highest BCUT2D eigenvalue weighted by molar-refractivity contribution is 5.58. The van der Waals surface area contributed by atoms with Crippen molar-refractivity contribution in [1.82, 2.24) is 5.32 Å². The molecule has 0 bridgehead atoms. The van der Waals surface area contributed by atoms with E-state index < -0.39 is 0 Å². The molecule has 1 aromatic rings. The predicted molar refractivity (Wildman–Crippen MR) is 83.4 cm³/mol. The third-order valence-corrected chi connectivity index (χ3v) is 5.17. The first-order chi connectivity index (χ1) is 10.2. The maximum absolute atomic E-state index is 5.73. The highest BCUT2D eigenvalue weighted by Gasteiger charge is 2.45. The van der Waals surface area contributed by atoms with Crippen LogP contribution < -0.4 is 19.7 Å². The topological polar surface area (TPSA) is 33.7 Å². The molecular weight excluding hydrogens is 264 g/mol. The van der Waals surface area contributed by atoms with E-state index in [1.165, 1.54) is 18.5 Å². The molecule has 0 amide bonds. The van der Waals surface area contributed by atoms with Crippen LogP contribution in [0.25, 0.3) is 0 Å². The van der Waals surface area contributed by atoms with Crippen molar-refractivity contribution >= 4 is 5.69 Å². The number of nitrogens with zero attached hydrogens (tertiary/aromatic N) is 1. The number of ether oxygens (including phenoxy) is 2. The van der Waals surface area contributed by atoms with E-state index in [1.54, 1.807) is 0 Å². The molecule has 1 aromatic carbocycles. The molecule has 1 aliphatic carbocycles. The first-order valence-electron chi connectivity index (χ1n) is 8.07. The Morgan fingerprint density at radius 3 is 2.71 bits per heavy atom. The van der Waals surface area contributed by atoms with Crippen LogP contribution in [0.4, 0.5) is 5.69 Å². The second kappa shape index (κ2) is 4.80. The highest BCUT2D eigenvalue weighted by Crippen LogP contribution is 2.43. The predicted octanol–water partition coefficient (Wildman–Crippen LogP) is 2.42. The van der Waals surface area contributed by atoms with Gasteiger partial charge in [0.05, 0.1) is 0 Å². The van der Waals surface area contributed by atoms with Gasteiger partial charge in [0.1, 0.15) is 13.2 Å². The summed E-state index contributed by atoms with van der Waals surface area (Å²) in [4.78, 5) is 2.52. The van der Waals surface area contributed by atoms with Crippen LogP contribution in [0, 0.1) is 5.92 Å². The van der Waals surface area contributed by atoms with E-state index in [0.717, 1.165) is 30.5 Å². The third kappa shape index (κ3) is 2.35. The SMILES string of the molecule is CC1CNC(C)(C2CC2)CN1c1ccc2c(c1)OCCO2. The second-order valence-electron chi connectivity index (χ2n) is 6.88. The zero-order valence-electron chi connectivity index (χ0n) is 12.9. The fourth-order valence-corrected chi connectivity index (χ4v) is 3.61. The molecule has 2 aliphatic heterocycles. The molecule has 4 rings (SSSR count). The van der Waals surface area contributed by atoms with Crippen LogP contribution in [0.1, 0.15) is 26.7 Å². The van der Waals surface area contributed by atoms with Crippen LogP contribution in [0.2, 0.25) is 0 Å². The smallest absolute Gasteiger partial charge is 0.163 e. The number of nitrogens with one attached hydrogen (secondary N) is 1. The summed E-state index contributed by atoms with van der Waals surface area (Å²) in [5, 5.41) is 3.77. The molecule has 2 fully saturated rings.